The Morgan fingerprint density at radius 3 is 2.66 bits per heavy atom. The normalized spacial score (nSPS) is 14.8. The van der Waals surface area contributed by atoms with E-state index in [1.54, 1.807) is 5.38 Å². The molecule has 11 heteroatoms. The lowest BCUT2D eigenvalue weighted by molar-refractivity contribution is -0.113. The second kappa shape index (κ2) is 11.3. The molecule has 0 spiro atoms. The lowest BCUT2D eigenvalue weighted by atomic mass is 9.82. The van der Waals surface area contributed by atoms with Crippen molar-refractivity contribution in [2.24, 2.45) is 0 Å². The van der Waals surface area contributed by atoms with E-state index in [0.29, 0.717) is 22.2 Å². The van der Waals surface area contributed by atoms with Crippen molar-refractivity contribution in [2.75, 3.05) is 15.8 Å². The molecule has 1 atom stereocenters. The van der Waals surface area contributed by atoms with Gasteiger partial charge in [0.2, 0.25) is 5.91 Å². The van der Waals surface area contributed by atoms with Crippen LogP contribution in [0.25, 0.3) is 0 Å². The molecule has 2 aromatic carbocycles. The van der Waals surface area contributed by atoms with E-state index in [0.717, 1.165) is 30.5 Å². The van der Waals surface area contributed by atoms with Gasteiger partial charge < -0.3 is 5.32 Å². The molecule has 2 N–H and O–H groups in total. The third-order valence-electron chi connectivity index (χ3n) is 6.19. The largest absolute Gasteiger partial charge is 0.325 e. The third kappa shape index (κ3) is 6.05. The van der Waals surface area contributed by atoms with Gasteiger partial charge in [0.05, 0.1) is 16.2 Å². The number of sulfonamides is 1. The standard InChI is InChI=1S/C27H23N5O3S3/c28-16-21-15-20-14-19(18-4-2-1-3-5-18)6-11-24(20)31-26(21)37-17-25(33)30-22-7-9-23(10-8-22)38(34,35)32-27-29-12-13-36-27/h1-5,7-10,12-13,15,19H,6,11,14,17H2,(H,29,32)(H,30,33). The van der Waals surface area contributed by atoms with Gasteiger partial charge in [0.1, 0.15) is 11.1 Å². The molecule has 4 aromatic rings. The highest BCUT2D eigenvalue weighted by Gasteiger charge is 2.23. The molecule has 1 aliphatic carbocycles. The Morgan fingerprint density at radius 2 is 1.95 bits per heavy atom. The Bertz CT molecular complexity index is 1580. The number of aryl methyl sites for hydroxylation is 1. The Hall–Kier alpha value is -3.72. The Kier molecular flexibility index (Phi) is 7.74. The lowest BCUT2D eigenvalue weighted by Crippen LogP contribution is -2.17. The number of carbonyl (C=O) groups excluding carboxylic acids is 1. The molecule has 38 heavy (non-hydrogen) atoms. The van der Waals surface area contributed by atoms with E-state index in [2.05, 4.69) is 33.2 Å². The second-order valence-corrected chi connectivity index (χ2v) is 12.3. The number of rotatable bonds is 8. The number of amides is 1. The Labute approximate surface area is 229 Å². The zero-order valence-corrected chi connectivity index (χ0v) is 22.6. The summed E-state index contributed by atoms with van der Waals surface area (Å²) in [4.78, 5) is 21.3. The SMILES string of the molecule is N#Cc1cc2c(nc1SCC(=O)Nc1ccc(S(=O)(=O)Nc3nccs3)cc1)CCC(c1ccccc1)C2. The topological polar surface area (TPSA) is 125 Å². The number of nitrogens with zero attached hydrogens (tertiary/aromatic N) is 3. The summed E-state index contributed by atoms with van der Waals surface area (Å²) in [5.74, 6) is 0.198. The molecule has 2 aromatic heterocycles. The van der Waals surface area contributed by atoms with E-state index < -0.39 is 10.0 Å². The summed E-state index contributed by atoms with van der Waals surface area (Å²) in [6.07, 6.45) is 4.18. The van der Waals surface area contributed by atoms with Crippen molar-refractivity contribution in [1.29, 1.82) is 5.26 Å². The molecule has 5 rings (SSSR count). The number of nitriles is 1. The van der Waals surface area contributed by atoms with Crippen LogP contribution in [0.3, 0.4) is 0 Å². The summed E-state index contributed by atoms with van der Waals surface area (Å²) >= 11 is 2.40. The molecule has 1 aliphatic rings. The average Bonchev–Trinajstić information content (AvgIpc) is 3.44. The number of fused-ring (bicyclic) bond motifs is 1. The van der Waals surface area contributed by atoms with Crippen LogP contribution < -0.4 is 10.0 Å². The van der Waals surface area contributed by atoms with E-state index in [-0.39, 0.29) is 21.7 Å². The molecule has 2 heterocycles. The van der Waals surface area contributed by atoms with Crippen LogP contribution in [0.1, 0.15) is 34.7 Å². The molecule has 0 bridgehead atoms. The van der Waals surface area contributed by atoms with Crippen molar-refractivity contribution in [3.63, 3.8) is 0 Å². The summed E-state index contributed by atoms with van der Waals surface area (Å²) in [6, 6.07) is 20.4. The molecule has 0 fully saturated rings. The van der Waals surface area contributed by atoms with Gasteiger partial charge in [-0.1, -0.05) is 42.1 Å². The van der Waals surface area contributed by atoms with Crippen molar-refractivity contribution in [1.82, 2.24) is 9.97 Å². The van der Waals surface area contributed by atoms with Crippen molar-refractivity contribution < 1.29 is 13.2 Å². The molecule has 1 unspecified atom stereocenters. The molecular formula is C27H23N5O3S3. The number of pyridine rings is 1. The maximum atomic E-state index is 12.6. The van der Waals surface area contributed by atoms with Crippen LogP contribution in [0, 0.1) is 11.3 Å². The summed E-state index contributed by atoms with van der Waals surface area (Å²) in [7, 11) is -3.77. The van der Waals surface area contributed by atoms with Crippen LogP contribution in [0.2, 0.25) is 0 Å². The summed E-state index contributed by atoms with van der Waals surface area (Å²) in [6.45, 7) is 0. The van der Waals surface area contributed by atoms with Crippen LogP contribution in [0.5, 0.6) is 0 Å². The highest BCUT2D eigenvalue weighted by molar-refractivity contribution is 8.00. The summed E-state index contributed by atoms with van der Waals surface area (Å²) in [5.41, 5.74) is 4.32. The number of nitrogens with one attached hydrogen (secondary N) is 2. The van der Waals surface area contributed by atoms with E-state index in [1.165, 1.54) is 59.1 Å². The lowest BCUT2D eigenvalue weighted by Gasteiger charge is -2.25. The zero-order valence-electron chi connectivity index (χ0n) is 20.1. The van der Waals surface area contributed by atoms with Gasteiger partial charge in [0, 0.05) is 23.0 Å². The second-order valence-electron chi connectivity index (χ2n) is 8.71. The van der Waals surface area contributed by atoms with E-state index in [9.17, 15) is 18.5 Å². The van der Waals surface area contributed by atoms with Gasteiger partial charge in [-0.2, -0.15) is 5.26 Å². The van der Waals surface area contributed by atoms with E-state index >= 15 is 0 Å². The number of anilines is 2. The first-order valence-corrected chi connectivity index (χ1v) is 15.2. The molecule has 0 aliphatic heterocycles. The number of thiazole rings is 1. The van der Waals surface area contributed by atoms with Crippen LogP contribution in [-0.4, -0.2) is 30.0 Å². The van der Waals surface area contributed by atoms with Crippen LogP contribution >= 0.6 is 23.1 Å². The molecule has 0 saturated heterocycles. The third-order valence-corrected chi connectivity index (χ3v) is 9.35. The first-order chi connectivity index (χ1) is 18.4. The van der Waals surface area contributed by atoms with Gasteiger partial charge in [0.25, 0.3) is 10.0 Å². The smallest absolute Gasteiger partial charge is 0.263 e. The minimum atomic E-state index is -3.77. The fourth-order valence-corrected chi connectivity index (χ4v) is 6.91. The molecule has 0 saturated carbocycles. The molecule has 0 radical (unpaired) electrons. The maximum Gasteiger partial charge on any atom is 0.263 e. The van der Waals surface area contributed by atoms with Gasteiger partial charge >= 0.3 is 0 Å². The molecule has 1 amide bonds. The summed E-state index contributed by atoms with van der Waals surface area (Å²) in [5, 5.41) is 15.0. The number of hydrogen-bond donors (Lipinski definition) is 2. The fourth-order valence-electron chi connectivity index (χ4n) is 4.34. The Morgan fingerprint density at radius 1 is 1.16 bits per heavy atom. The zero-order chi connectivity index (χ0) is 26.5. The highest BCUT2D eigenvalue weighted by Crippen LogP contribution is 2.34. The highest BCUT2D eigenvalue weighted by atomic mass is 32.2. The maximum absolute atomic E-state index is 12.6. The van der Waals surface area contributed by atoms with Gasteiger partial charge in [-0.3, -0.25) is 9.52 Å². The van der Waals surface area contributed by atoms with Crippen molar-refractivity contribution >= 4 is 49.8 Å². The van der Waals surface area contributed by atoms with Gasteiger partial charge in [-0.25, -0.2) is 18.4 Å². The molecular weight excluding hydrogens is 539 g/mol. The van der Waals surface area contributed by atoms with Gasteiger partial charge in [0.15, 0.2) is 5.13 Å². The number of hydrogen-bond acceptors (Lipinski definition) is 8. The van der Waals surface area contributed by atoms with Gasteiger partial charge in [-0.05, 0) is 66.6 Å². The Balaban J connectivity index is 1.20. The van der Waals surface area contributed by atoms with Crippen LogP contribution in [0.15, 0.2) is 82.2 Å². The van der Waals surface area contributed by atoms with Crippen molar-refractivity contribution in [3.8, 4) is 6.07 Å². The number of thioether (sulfide) groups is 1. The number of carbonyl (C=O) groups is 1. The van der Waals surface area contributed by atoms with Crippen molar-refractivity contribution in [2.45, 2.75) is 35.1 Å². The van der Waals surface area contributed by atoms with Crippen LogP contribution in [0.4, 0.5) is 10.8 Å². The summed E-state index contributed by atoms with van der Waals surface area (Å²) < 4.78 is 27.4. The minimum absolute atomic E-state index is 0.0616. The van der Waals surface area contributed by atoms with E-state index in [1.807, 2.05) is 24.3 Å². The van der Waals surface area contributed by atoms with Gasteiger partial charge in [-0.15, -0.1) is 11.3 Å². The van der Waals surface area contributed by atoms with Crippen LogP contribution in [-0.2, 0) is 27.7 Å². The monoisotopic (exact) mass is 561 g/mol. The van der Waals surface area contributed by atoms with E-state index in [4.69, 9.17) is 4.98 Å². The first kappa shape index (κ1) is 25.9. The number of benzene rings is 2. The molecule has 8 nitrogen and oxygen atoms in total. The predicted octanol–water partition coefficient (Wildman–Crippen LogP) is 5.21. The first-order valence-electron chi connectivity index (χ1n) is 11.8. The fraction of sp³-hybridized carbons (Fsp3) is 0.185. The minimum Gasteiger partial charge on any atom is -0.325 e. The average molecular weight is 562 g/mol. The number of aromatic nitrogens is 2. The molecule has 192 valence electrons. The quantitative estimate of drug-likeness (QED) is 0.283. The predicted molar refractivity (Wildman–Crippen MR) is 149 cm³/mol. The van der Waals surface area contributed by atoms with Crippen molar-refractivity contribution in [3.05, 3.63) is 94.6 Å².